The Morgan fingerprint density at radius 3 is 3.00 bits per heavy atom. The van der Waals surface area contributed by atoms with Crippen LogP contribution in [0.3, 0.4) is 0 Å². The van der Waals surface area contributed by atoms with E-state index in [1.165, 1.54) is 0 Å². The minimum Gasteiger partial charge on any atom is -0.392 e. The van der Waals surface area contributed by atoms with Crippen molar-refractivity contribution in [3.05, 3.63) is 23.7 Å². The van der Waals surface area contributed by atoms with E-state index >= 15 is 0 Å². The predicted octanol–water partition coefficient (Wildman–Crippen LogP) is 1.17. The number of nitrogens with zero attached hydrogens (tertiary/aromatic N) is 3. The van der Waals surface area contributed by atoms with Gasteiger partial charge in [0, 0.05) is 13.3 Å². The van der Waals surface area contributed by atoms with Crippen molar-refractivity contribution in [1.82, 2.24) is 14.5 Å². The van der Waals surface area contributed by atoms with Gasteiger partial charge in [0.25, 0.3) is 0 Å². The number of nitrogens with two attached hydrogens (primary N) is 1. The van der Waals surface area contributed by atoms with Crippen LogP contribution in [0, 0.1) is 6.92 Å². The Bertz CT molecular complexity index is 564. The fraction of sp³-hybridized carbons (Fsp3) is 0.364. The number of methoxy groups -OCH3 is 1. The van der Waals surface area contributed by atoms with Crippen LogP contribution in [0.2, 0.25) is 0 Å². The highest BCUT2D eigenvalue weighted by Gasteiger charge is 2.12. The first-order chi connectivity index (χ1) is 8.11. The molecule has 2 N–H and O–H groups in total. The lowest BCUT2D eigenvalue weighted by molar-refractivity contribution is 0.175. The molecular weight excluding hydrogens is 236 g/mol. The van der Waals surface area contributed by atoms with Gasteiger partial charge in [-0.3, -0.25) is 0 Å². The van der Waals surface area contributed by atoms with E-state index < -0.39 is 0 Å². The number of thiocarbonyl (C=S) groups is 1. The molecule has 0 fully saturated rings. The Hall–Kier alpha value is -1.53. The number of fused-ring (bicyclic) bond motifs is 1. The molecule has 0 aliphatic heterocycles. The third-order valence-electron chi connectivity index (χ3n) is 2.39. The Kier molecular flexibility index (Phi) is 3.35. The maximum atomic E-state index is 5.58. The van der Waals surface area contributed by atoms with Gasteiger partial charge < -0.3 is 15.0 Å². The molecule has 0 saturated carbocycles. The second kappa shape index (κ2) is 4.77. The van der Waals surface area contributed by atoms with Crippen molar-refractivity contribution >= 4 is 28.4 Å². The second-order valence-corrected chi connectivity index (χ2v) is 4.39. The Balaban J connectivity index is 2.57. The van der Waals surface area contributed by atoms with Crippen LogP contribution in [0.5, 0.6) is 0 Å². The largest absolute Gasteiger partial charge is 0.392 e. The average Bonchev–Trinajstić information content (AvgIpc) is 2.56. The number of aryl methyl sites for hydroxylation is 1. The van der Waals surface area contributed by atoms with Gasteiger partial charge in [-0.2, -0.15) is 0 Å². The molecule has 0 spiro atoms. The smallest absolute Gasteiger partial charge is 0.160 e. The van der Waals surface area contributed by atoms with Crippen molar-refractivity contribution in [3.63, 3.8) is 0 Å². The van der Waals surface area contributed by atoms with E-state index in [9.17, 15) is 0 Å². The molecule has 0 aliphatic rings. The summed E-state index contributed by atoms with van der Waals surface area (Å²) in [6.07, 6.45) is 1.80. The summed E-state index contributed by atoms with van der Waals surface area (Å²) in [6.45, 7) is 2.83. The molecule has 90 valence electrons. The minimum absolute atomic E-state index is 0.407. The first-order valence-corrected chi connectivity index (χ1v) is 5.61. The molecule has 0 bridgehead atoms. The number of hydrogen-bond acceptors (Lipinski definition) is 4. The summed E-state index contributed by atoms with van der Waals surface area (Å²) in [5.74, 6) is 0.786. The van der Waals surface area contributed by atoms with Crippen LogP contribution in [-0.4, -0.2) is 26.6 Å². The van der Waals surface area contributed by atoms with Gasteiger partial charge >= 0.3 is 0 Å². The van der Waals surface area contributed by atoms with Crippen LogP contribution < -0.4 is 5.73 Å². The average molecular weight is 250 g/mol. The highest BCUT2D eigenvalue weighted by atomic mass is 32.1. The Morgan fingerprint density at radius 2 is 2.35 bits per heavy atom. The molecule has 17 heavy (non-hydrogen) atoms. The fourth-order valence-corrected chi connectivity index (χ4v) is 1.85. The van der Waals surface area contributed by atoms with E-state index in [0.29, 0.717) is 18.1 Å². The summed E-state index contributed by atoms with van der Waals surface area (Å²) in [4.78, 5) is 9.25. The zero-order valence-electron chi connectivity index (χ0n) is 9.80. The molecule has 0 aliphatic carbocycles. The van der Waals surface area contributed by atoms with Gasteiger partial charge in [-0.25, -0.2) is 9.97 Å². The number of imidazole rings is 1. The number of aromatic nitrogens is 3. The first-order valence-electron chi connectivity index (χ1n) is 5.21. The van der Waals surface area contributed by atoms with Crippen molar-refractivity contribution in [1.29, 1.82) is 0 Å². The first kappa shape index (κ1) is 11.9. The molecule has 6 heteroatoms. The standard InChI is InChI=1S/C11H14N4OS/c1-7-3-8-11(13-4-7)15(5-9(12)17)10(14-8)6-16-2/h3-4H,5-6H2,1-2H3,(H2,12,17). The third-order valence-corrected chi connectivity index (χ3v) is 2.52. The quantitative estimate of drug-likeness (QED) is 0.825. The lowest BCUT2D eigenvalue weighted by atomic mass is 10.3. The molecule has 0 radical (unpaired) electrons. The molecular formula is C11H14N4OS. The van der Waals surface area contributed by atoms with Crippen LogP contribution in [0.4, 0.5) is 0 Å². The lowest BCUT2D eigenvalue weighted by Crippen LogP contribution is -2.18. The van der Waals surface area contributed by atoms with Gasteiger partial charge in [0.05, 0.1) is 11.5 Å². The number of hydrogen-bond donors (Lipinski definition) is 1. The Labute approximate surface area is 105 Å². The highest BCUT2D eigenvalue weighted by molar-refractivity contribution is 7.80. The van der Waals surface area contributed by atoms with Crippen molar-refractivity contribution in [2.75, 3.05) is 7.11 Å². The third kappa shape index (κ3) is 2.42. The summed E-state index contributed by atoms with van der Waals surface area (Å²) in [5.41, 5.74) is 8.28. The summed E-state index contributed by atoms with van der Waals surface area (Å²) >= 11 is 4.94. The second-order valence-electron chi connectivity index (χ2n) is 3.87. The van der Waals surface area contributed by atoms with Gasteiger partial charge in [-0.1, -0.05) is 12.2 Å². The summed E-state index contributed by atoms with van der Waals surface area (Å²) < 4.78 is 7.00. The molecule has 0 unspecified atom stereocenters. The van der Waals surface area contributed by atoms with Gasteiger partial charge in [0.1, 0.15) is 17.9 Å². The van der Waals surface area contributed by atoms with E-state index in [2.05, 4.69) is 9.97 Å². The molecule has 0 saturated heterocycles. The van der Waals surface area contributed by atoms with E-state index in [1.807, 2.05) is 17.6 Å². The maximum absolute atomic E-state index is 5.58. The van der Waals surface area contributed by atoms with Gasteiger partial charge in [-0.05, 0) is 18.6 Å². The van der Waals surface area contributed by atoms with Crippen molar-refractivity contribution < 1.29 is 4.74 Å². The number of pyridine rings is 1. The topological polar surface area (TPSA) is 66.0 Å². The van der Waals surface area contributed by atoms with Crippen LogP contribution in [0.15, 0.2) is 12.3 Å². The molecule has 2 aromatic heterocycles. The summed E-state index contributed by atoms with van der Waals surface area (Å²) in [7, 11) is 1.63. The molecule has 0 atom stereocenters. The van der Waals surface area contributed by atoms with Crippen LogP contribution in [-0.2, 0) is 17.9 Å². The van der Waals surface area contributed by atoms with Crippen LogP contribution in [0.1, 0.15) is 11.4 Å². The zero-order valence-corrected chi connectivity index (χ0v) is 10.6. The monoisotopic (exact) mass is 250 g/mol. The summed E-state index contributed by atoms with van der Waals surface area (Å²) in [5, 5.41) is 0. The maximum Gasteiger partial charge on any atom is 0.160 e. The predicted molar refractivity (Wildman–Crippen MR) is 69.8 cm³/mol. The lowest BCUT2D eigenvalue weighted by Gasteiger charge is -2.06. The molecule has 2 heterocycles. The van der Waals surface area contributed by atoms with Gasteiger partial charge in [0.15, 0.2) is 5.65 Å². The molecule has 5 nitrogen and oxygen atoms in total. The molecule has 2 rings (SSSR count). The fourth-order valence-electron chi connectivity index (χ4n) is 1.72. The van der Waals surface area contributed by atoms with E-state index in [-0.39, 0.29) is 0 Å². The number of ether oxygens (including phenoxy) is 1. The van der Waals surface area contributed by atoms with Gasteiger partial charge in [0.2, 0.25) is 0 Å². The van der Waals surface area contributed by atoms with Crippen LogP contribution in [0.25, 0.3) is 11.2 Å². The van der Waals surface area contributed by atoms with Gasteiger partial charge in [-0.15, -0.1) is 0 Å². The highest BCUT2D eigenvalue weighted by Crippen LogP contribution is 2.15. The van der Waals surface area contributed by atoms with Crippen LogP contribution >= 0.6 is 12.2 Å². The normalized spacial score (nSPS) is 10.9. The van der Waals surface area contributed by atoms with E-state index in [0.717, 1.165) is 22.6 Å². The zero-order chi connectivity index (χ0) is 12.4. The Morgan fingerprint density at radius 1 is 1.59 bits per heavy atom. The van der Waals surface area contributed by atoms with E-state index in [4.69, 9.17) is 22.7 Å². The number of rotatable bonds is 4. The minimum atomic E-state index is 0.407. The van der Waals surface area contributed by atoms with E-state index in [1.54, 1.807) is 13.3 Å². The summed E-state index contributed by atoms with van der Waals surface area (Å²) in [6, 6.07) is 1.98. The molecule has 0 aromatic carbocycles. The SMILES string of the molecule is COCc1nc2cc(C)cnc2n1CC(N)=S. The molecule has 2 aromatic rings. The van der Waals surface area contributed by atoms with Crippen molar-refractivity contribution in [2.24, 2.45) is 5.73 Å². The molecule has 0 amide bonds. The van der Waals surface area contributed by atoms with Crippen molar-refractivity contribution in [2.45, 2.75) is 20.1 Å². The van der Waals surface area contributed by atoms with Crippen molar-refractivity contribution in [3.8, 4) is 0 Å².